The number of carbonyl (C=O) groups is 2. The average molecular weight is 471 g/mol. The first-order chi connectivity index (χ1) is 16.2. The quantitative estimate of drug-likeness (QED) is 0.469. The van der Waals surface area contributed by atoms with Crippen molar-refractivity contribution in [2.75, 3.05) is 23.3 Å². The predicted octanol–water partition coefficient (Wildman–Crippen LogP) is 5.93. The molecule has 3 aromatic carbocycles. The van der Waals surface area contributed by atoms with E-state index in [1.54, 1.807) is 35.2 Å². The Morgan fingerprint density at radius 3 is 2.32 bits per heavy atom. The standard InChI is InChI=1S/C25H21F4N3O2/c26-20-7-5-18(6-8-20)23(33)30-21-9-11-22(12-10-21)32-14-2-13-31(24(32)34)16-17-3-1-4-19(15-17)25(27,28)29/h1,3-12,15H,2,13-14,16H2,(H,30,33). The zero-order valence-electron chi connectivity index (χ0n) is 18.0. The molecule has 0 radical (unpaired) electrons. The lowest BCUT2D eigenvalue weighted by Crippen LogP contribution is -2.49. The van der Waals surface area contributed by atoms with Crippen LogP contribution in [0, 0.1) is 5.82 Å². The van der Waals surface area contributed by atoms with Gasteiger partial charge < -0.3 is 10.2 Å². The molecule has 0 unspecified atom stereocenters. The first kappa shape index (κ1) is 23.3. The van der Waals surface area contributed by atoms with Gasteiger partial charge in [-0.25, -0.2) is 9.18 Å². The number of hydrogen-bond donors (Lipinski definition) is 1. The number of carbonyl (C=O) groups excluding carboxylic acids is 2. The minimum Gasteiger partial charge on any atom is -0.322 e. The van der Waals surface area contributed by atoms with E-state index in [1.807, 2.05) is 0 Å². The summed E-state index contributed by atoms with van der Waals surface area (Å²) in [4.78, 5) is 28.4. The molecule has 1 aliphatic rings. The number of urea groups is 1. The van der Waals surface area contributed by atoms with E-state index in [-0.39, 0.29) is 12.6 Å². The highest BCUT2D eigenvalue weighted by atomic mass is 19.4. The summed E-state index contributed by atoms with van der Waals surface area (Å²) in [6, 6.07) is 16.5. The smallest absolute Gasteiger partial charge is 0.322 e. The van der Waals surface area contributed by atoms with Gasteiger partial charge in [-0.2, -0.15) is 13.2 Å². The Hall–Kier alpha value is -3.88. The van der Waals surface area contributed by atoms with Gasteiger partial charge in [0.2, 0.25) is 0 Å². The molecule has 9 heteroatoms. The number of benzene rings is 3. The van der Waals surface area contributed by atoms with E-state index in [0.29, 0.717) is 42.0 Å². The lowest BCUT2D eigenvalue weighted by molar-refractivity contribution is -0.137. The Morgan fingerprint density at radius 2 is 1.65 bits per heavy atom. The minimum absolute atomic E-state index is 0.0745. The van der Waals surface area contributed by atoms with Crippen molar-refractivity contribution < 1.29 is 27.2 Å². The average Bonchev–Trinajstić information content (AvgIpc) is 2.81. The van der Waals surface area contributed by atoms with Crippen LogP contribution in [-0.2, 0) is 12.7 Å². The van der Waals surface area contributed by atoms with E-state index in [1.165, 1.54) is 35.2 Å². The monoisotopic (exact) mass is 471 g/mol. The van der Waals surface area contributed by atoms with Crippen LogP contribution in [0.3, 0.4) is 0 Å². The van der Waals surface area contributed by atoms with Crippen molar-refractivity contribution >= 4 is 23.3 Å². The molecule has 1 N–H and O–H groups in total. The molecule has 3 amide bonds. The Morgan fingerprint density at radius 1 is 0.941 bits per heavy atom. The highest BCUT2D eigenvalue weighted by molar-refractivity contribution is 6.04. The first-order valence-electron chi connectivity index (χ1n) is 10.6. The molecule has 0 spiro atoms. The molecule has 1 heterocycles. The fourth-order valence-corrected chi connectivity index (χ4v) is 3.76. The highest BCUT2D eigenvalue weighted by Crippen LogP contribution is 2.30. The van der Waals surface area contributed by atoms with Gasteiger partial charge in [-0.3, -0.25) is 9.69 Å². The molecule has 0 atom stereocenters. The van der Waals surface area contributed by atoms with Crippen molar-refractivity contribution in [3.63, 3.8) is 0 Å². The molecule has 1 aliphatic heterocycles. The van der Waals surface area contributed by atoms with Gasteiger partial charge in [-0.1, -0.05) is 12.1 Å². The summed E-state index contributed by atoms with van der Waals surface area (Å²) in [5.74, 6) is -0.830. The zero-order chi connectivity index (χ0) is 24.3. The third-order valence-corrected chi connectivity index (χ3v) is 5.48. The topological polar surface area (TPSA) is 52.7 Å². The Balaban J connectivity index is 1.42. The highest BCUT2D eigenvalue weighted by Gasteiger charge is 2.31. The number of nitrogens with zero attached hydrogens (tertiary/aromatic N) is 2. The SMILES string of the molecule is O=C(Nc1ccc(N2CCCN(Cc3cccc(C(F)(F)F)c3)C2=O)cc1)c1ccc(F)cc1. The number of amides is 3. The maximum Gasteiger partial charge on any atom is 0.416 e. The molecule has 0 aromatic heterocycles. The normalized spacial score (nSPS) is 14.3. The summed E-state index contributed by atoms with van der Waals surface area (Å²) in [5.41, 5.74) is 1.08. The second kappa shape index (κ2) is 9.54. The van der Waals surface area contributed by atoms with Crippen LogP contribution in [0.25, 0.3) is 0 Å². The molecule has 34 heavy (non-hydrogen) atoms. The molecule has 1 saturated heterocycles. The number of alkyl halides is 3. The second-order valence-electron chi connectivity index (χ2n) is 7.92. The molecular weight excluding hydrogens is 450 g/mol. The van der Waals surface area contributed by atoms with Crippen molar-refractivity contribution in [3.05, 3.63) is 95.3 Å². The van der Waals surface area contributed by atoms with E-state index < -0.39 is 23.5 Å². The molecular formula is C25H21F4N3O2. The van der Waals surface area contributed by atoms with Crippen LogP contribution in [0.2, 0.25) is 0 Å². The van der Waals surface area contributed by atoms with Crippen LogP contribution < -0.4 is 10.2 Å². The van der Waals surface area contributed by atoms with Gasteiger partial charge in [-0.15, -0.1) is 0 Å². The predicted molar refractivity (Wildman–Crippen MR) is 120 cm³/mol. The molecule has 3 aromatic rings. The summed E-state index contributed by atoms with van der Waals surface area (Å²) in [6.45, 7) is 0.988. The van der Waals surface area contributed by atoms with E-state index in [2.05, 4.69) is 5.32 Å². The van der Waals surface area contributed by atoms with Crippen LogP contribution in [0.5, 0.6) is 0 Å². The van der Waals surface area contributed by atoms with Gasteiger partial charge in [-0.05, 0) is 72.6 Å². The summed E-state index contributed by atoms with van der Waals surface area (Å²) in [5, 5.41) is 2.71. The third kappa shape index (κ3) is 5.36. The van der Waals surface area contributed by atoms with Crippen LogP contribution in [0.4, 0.5) is 33.7 Å². The van der Waals surface area contributed by atoms with E-state index >= 15 is 0 Å². The van der Waals surface area contributed by atoms with E-state index in [9.17, 15) is 27.2 Å². The molecule has 1 fully saturated rings. The summed E-state index contributed by atoms with van der Waals surface area (Å²) in [6.07, 6.45) is -3.78. The Labute approximate surface area is 193 Å². The van der Waals surface area contributed by atoms with Crippen molar-refractivity contribution in [1.29, 1.82) is 0 Å². The van der Waals surface area contributed by atoms with Gasteiger partial charge in [0.15, 0.2) is 0 Å². The van der Waals surface area contributed by atoms with Crippen molar-refractivity contribution in [2.45, 2.75) is 19.1 Å². The molecule has 4 rings (SSSR count). The third-order valence-electron chi connectivity index (χ3n) is 5.48. The number of rotatable bonds is 5. The Bertz CT molecular complexity index is 1180. The fourth-order valence-electron chi connectivity index (χ4n) is 3.76. The maximum absolute atomic E-state index is 13.0. The van der Waals surface area contributed by atoms with Gasteiger partial charge in [0.1, 0.15) is 5.82 Å². The number of hydrogen-bond acceptors (Lipinski definition) is 2. The van der Waals surface area contributed by atoms with Gasteiger partial charge >= 0.3 is 12.2 Å². The van der Waals surface area contributed by atoms with Crippen molar-refractivity contribution in [1.82, 2.24) is 4.90 Å². The maximum atomic E-state index is 13.0. The largest absolute Gasteiger partial charge is 0.416 e. The Kier molecular flexibility index (Phi) is 6.54. The van der Waals surface area contributed by atoms with Gasteiger partial charge in [0.25, 0.3) is 5.91 Å². The van der Waals surface area contributed by atoms with Crippen LogP contribution in [-0.4, -0.2) is 29.9 Å². The van der Waals surface area contributed by atoms with Crippen molar-refractivity contribution in [3.8, 4) is 0 Å². The van der Waals surface area contributed by atoms with Gasteiger partial charge in [0, 0.05) is 36.6 Å². The molecule has 0 bridgehead atoms. The number of halogens is 4. The van der Waals surface area contributed by atoms with E-state index in [4.69, 9.17) is 0 Å². The van der Waals surface area contributed by atoms with Gasteiger partial charge in [0.05, 0.1) is 5.56 Å². The fraction of sp³-hybridized carbons (Fsp3) is 0.200. The number of nitrogens with one attached hydrogen (secondary N) is 1. The van der Waals surface area contributed by atoms with E-state index in [0.717, 1.165) is 12.1 Å². The van der Waals surface area contributed by atoms with Crippen LogP contribution in [0.1, 0.15) is 27.9 Å². The summed E-state index contributed by atoms with van der Waals surface area (Å²) >= 11 is 0. The lowest BCUT2D eigenvalue weighted by Gasteiger charge is -2.35. The minimum atomic E-state index is -4.44. The molecule has 5 nitrogen and oxygen atoms in total. The summed E-state index contributed by atoms with van der Waals surface area (Å²) in [7, 11) is 0. The second-order valence-corrected chi connectivity index (χ2v) is 7.92. The van der Waals surface area contributed by atoms with Crippen LogP contribution in [0.15, 0.2) is 72.8 Å². The van der Waals surface area contributed by atoms with Crippen LogP contribution >= 0.6 is 0 Å². The number of anilines is 2. The lowest BCUT2D eigenvalue weighted by atomic mass is 10.1. The summed E-state index contributed by atoms with van der Waals surface area (Å²) < 4.78 is 52.0. The molecule has 0 saturated carbocycles. The molecule has 176 valence electrons. The first-order valence-corrected chi connectivity index (χ1v) is 10.6. The molecule has 0 aliphatic carbocycles. The van der Waals surface area contributed by atoms with Crippen molar-refractivity contribution in [2.24, 2.45) is 0 Å². The zero-order valence-corrected chi connectivity index (χ0v) is 18.0.